The molecule has 1 aliphatic rings. The number of benzene rings is 1. The standard InChI is InChI=1S/C15H17N3O2/c1-10-16-15(20-18-10)12-6-8-13(9-7-12)17-14(19)11-4-2-3-5-11/h6-9,11H,2-5H2,1H3,(H,17,19). The van der Waals surface area contributed by atoms with E-state index in [0.29, 0.717) is 11.7 Å². The van der Waals surface area contributed by atoms with Gasteiger partial charge in [-0.25, -0.2) is 0 Å². The molecule has 1 N–H and O–H groups in total. The van der Waals surface area contributed by atoms with E-state index in [0.717, 1.165) is 36.9 Å². The van der Waals surface area contributed by atoms with E-state index in [1.165, 1.54) is 0 Å². The molecule has 104 valence electrons. The Kier molecular flexibility index (Phi) is 3.50. The first kappa shape index (κ1) is 12.8. The summed E-state index contributed by atoms with van der Waals surface area (Å²) in [5, 5.41) is 6.72. The molecule has 5 nitrogen and oxygen atoms in total. The second-order valence-electron chi connectivity index (χ2n) is 5.19. The van der Waals surface area contributed by atoms with Gasteiger partial charge in [0.15, 0.2) is 5.82 Å². The Morgan fingerprint density at radius 2 is 1.95 bits per heavy atom. The van der Waals surface area contributed by atoms with Gasteiger partial charge >= 0.3 is 0 Å². The number of hydrogen-bond acceptors (Lipinski definition) is 4. The summed E-state index contributed by atoms with van der Waals surface area (Å²) >= 11 is 0. The number of amides is 1. The van der Waals surface area contributed by atoms with Crippen LogP contribution in [0.3, 0.4) is 0 Å². The van der Waals surface area contributed by atoms with Crippen molar-refractivity contribution in [3.05, 3.63) is 30.1 Å². The van der Waals surface area contributed by atoms with Gasteiger partial charge in [0, 0.05) is 17.2 Å². The van der Waals surface area contributed by atoms with Crippen LogP contribution in [0.15, 0.2) is 28.8 Å². The third-order valence-corrected chi connectivity index (χ3v) is 3.65. The van der Waals surface area contributed by atoms with Crippen LogP contribution in [0, 0.1) is 12.8 Å². The number of carbonyl (C=O) groups excluding carboxylic acids is 1. The summed E-state index contributed by atoms with van der Waals surface area (Å²) in [4.78, 5) is 16.2. The smallest absolute Gasteiger partial charge is 0.257 e. The minimum atomic E-state index is 0.129. The van der Waals surface area contributed by atoms with Crippen LogP contribution in [-0.2, 0) is 4.79 Å². The van der Waals surface area contributed by atoms with Crippen LogP contribution in [0.1, 0.15) is 31.5 Å². The number of nitrogens with zero attached hydrogens (tertiary/aromatic N) is 2. The highest BCUT2D eigenvalue weighted by Crippen LogP contribution is 2.26. The summed E-state index contributed by atoms with van der Waals surface area (Å²) in [6.07, 6.45) is 4.33. The molecule has 1 amide bonds. The molecule has 20 heavy (non-hydrogen) atoms. The van der Waals surface area contributed by atoms with Crippen LogP contribution in [-0.4, -0.2) is 16.0 Å². The Labute approximate surface area is 117 Å². The van der Waals surface area contributed by atoms with Crippen LogP contribution in [0.5, 0.6) is 0 Å². The maximum absolute atomic E-state index is 12.0. The van der Waals surface area contributed by atoms with Gasteiger partial charge in [0.05, 0.1) is 0 Å². The fourth-order valence-electron chi connectivity index (χ4n) is 2.54. The fraction of sp³-hybridized carbons (Fsp3) is 0.400. The first-order valence-electron chi connectivity index (χ1n) is 6.94. The largest absolute Gasteiger partial charge is 0.334 e. The summed E-state index contributed by atoms with van der Waals surface area (Å²) in [6.45, 7) is 1.78. The molecule has 1 saturated carbocycles. The monoisotopic (exact) mass is 271 g/mol. The molecular weight excluding hydrogens is 254 g/mol. The minimum absolute atomic E-state index is 0.129. The fourth-order valence-corrected chi connectivity index (χ4v) is 2.54. The zero-order chi connectivity index (χ0) is 13.9. The molecule has 2 aromatic rings. The molecule has 0 saturated heterocycles. The molecule has 0 atom stereocenters. The Morgan fingerprint density at radius 1 is 1.25 bits per heavy atom. The molecule has 1 fully saturated rings. The molecule has 1 heterocycles. The second-order valence-corrected chi connectivity index (χ2v) is 5.19. The van der Waals surface area contributed by atoms with E-state index in [9.17, 15) is 4.79 Å². The predicted octanol–water partition coefficient (Wildman–Crippen LogP) is 3.17. The number of aryl methyl sites for hydroxylation is 1. The second kappa shape index (κ2) is 5.45. The van der Waals surface area contributed by atoms with Gasteiger partial charge in [-0.15, -0.1) is 0 Å². The van der Waals surface area contributed by atoms with Crippen LogP contribution >= 0.6 is 0 Å². The lowest BCUT2D eigenvalue weighted by Crippen LogP contribution is -2.20. The SMILES string of the molecule is Cc1noc(-c2ccc(NC(=O)C3CCCC3)cc2)n1. The number of nitrogens with one attached hydrogen (secondary N) is 1. The topological polar surface area (TPSA) is 68.0 Å². The zero-order valence-electron chi connectivity index (χ0n) is 11.4. The van der Waals surface area contributed by atoms with E-state index in [1.54, 1.807) is 6.92 Å². The van der Waals surface area contributed by atoms with E-state index in [2.05, 4.69) is 15.5 Å². The molecule has 0 spiro atoms. The van der Waals surface area contributed by atoms with E-state index in [4.69, 9.17) is 4.52 Å². The lowest BCUT2D eigenvalue weighted by Gasteiger charge is -2.10. The maximum Gasteiger partial charge on any atom is 0.257 e. The van der Waals surface area contributed by atoms with E-state index < -0.39 is 0 Å². The molecule has 3 rings (SSSR count). The van der Waals surface area contributed by atoms with Crippen LogP contribution in [0.25, 0.3) is 11.5 Å². The molecule has 0 bridgehead atoms. The van der Waals surface area contributed by atoms with Gasteiger partial charge in [-0.2, -0.15) is 4.98 Å². The normalized spacial score (nSPS) is 15.4. The van der Waals surface area contributed by atoms with Crippen molar-refractivity contribution in [3.8, 4) is 11.5 Å². The third kappa shape index (κ3) is 2.71. The molecule has 1 aromatic carbocycles. The zero-order valence-corrected chi connectivity index (χ0v) is 11.4. The quantitative estimate of drug-likeness (QED) is 0.931. The van der Waals surface area contributed by atoms with Gasteiger partial charge < -0.3 is 9.84 Å². The number of anilines is 1. The molecule has 1 aliphatic carbocycles. The van der Waals surface area contributed by atoms with E-state index in [1.807, 2.05) is 24.3 Å². The molecule has 0 unspecified atom stereocenters. The van der Waals surface area contributed by atoms with Crippen molar-refractivity contribution in [2.75, 3.05) is 5.32 Å². The van der Waals surface area contributed by atoms with Crippen molar-refractivity contribution in [1.29, 1.82) is 0 Å². The number of rotatable bonds is 3. The lowest BCUT2D eigenvalue weighted by atomic mass is 10.1. The van der Waals surface area contributed by atoms with Crippen LogP contribution in [0.4, 0.5) is 5.69 Å². The van der Waals surface area contributed by atoms with Gasteiger partial charge in [0.2, 0.25) is 5.91 Å². The Balaban J connectivity index is 1.68. The highest BCUT2D eigenvalue weighted by Gasteiger charge is 2.22. The third-order valence-electron chi connectivity index (χ3n) is 3.65. The molecule has 1 aromatic heterocycles. The molecule has 0 radical (unpaired) electrons. The Hall–Kier alpha value is -2.17. The van der Waals surface area contributed by atoms with Gasteiger partial charge in [-0.1, -0.05) is 18.0 Å². The Bertz CT molecular complexity index is 598. The first-order valence-corrected chi connectivity index (χ1v) is 6.94. The summed E-state index contributed by atoms with van der Waals surface area (Å²) in [6, 6.07) is 7.47. The average Bonchev–Trinajstić information content (AvgIpc) is 3.10. The average molecular weight is 271 g/mol. The Morgan fingerprint density at radius 3 is 2.55 bits per heavy atom. The van der Waals surface area contributed by atoms with Crippen molar-refractivity contribution in [1.82, 2.24) is 10.1 Å². The van der Waals surface area contributed by atoms with Crippen LogP contribution in [0.2, 0.25) is 0 Å². The summed E-state index contributed by atoms with van der Waals surface area (Å²) in [5.74, 6) is 1.41. The number of aromatic nitrogens is 2. The van der Waals surface area contributed by atoms with Gasteiger partial charge in [-0.3, -0.25) is 4.79 Å². The van der Waals surface area contributed by atoms with Crippen molar-refractivity contribution < 1.29 is 9.32 Å². The van der Waals surface area contributed by atoms with Gasteiger partial charge in [0.1, 0.15) is 0 Å². The van der Waals surface area contributed by atoms with Crippen LogP contribution < -0.4 is 5.32 Å². The maximum atomic E-state index is 12.0. The van der Waals surface area contributed by atoms with Crippen molar-refractivity contribution in [2.24, 2.45) is 5.92 Å². The van der Waals surface area contributed by atoms with Crippen molar-refractivity contribution in [2.45, 2.75) is 32.6 Å². The highest BCUT2D eigenvalue weighted by atomic mass is 16.5. The van der Waals surface area contributed by atoms with E-state index in [-0.39, 0.29) is 11.8 Å². The van der Waals surface area contributed by atoms with Gasteiger partial charge in [-0.05, 0) is 44.0 Å². The summed E-state index contributed by atoms with van der Waals surface area (Å²) in [7, 11) is 0. The van der Waals surface area contributed by atoms with Crippen molar-refractivity contribution in [3.63, 3.8) is 0 Å². The molecular formula is C15H17N3O2. The number of hydrogen-bond donors (Lipinski definition) is 1. The predicted molar refractivity (Wildman–Crippen MR) is 75.1 cm³/mol. The van der Waals surface area contributed by atoms with Gasteiger partial charge in [0.25, 0.3) is 5.89 Å². The molecule has 5 heteroatoms. The van der Waals surface area contributed by atoms with Crippen molar-refractivity contribution >= 4 is 11.6 Å². The molecule has 0 aliphatic heterocycles. The summed E-state index contributed by atoms with van der Waals surface area (Å²) in [5.41, 5.74) is 1.66. The summed E-state index contributed by atoms with van der Waals surface area (Å²) < 4.78 is 5.10. The highest BCUT2D eigenvalue weighted by molar-refractivity contribution is 5.92. The first-order chi connectivity index (χ1) is 9.72. The number of carbonyl (C=O) groups is 1. The lowest BCUT2D eigenvalue weighted by molar-refractivity contribution is -0.119. The van der Waals surface area contributed by atoms with E-state index >= 15 is 0 Å². The minimum Gasteiger partial charge on any atom is -0.334 e.